The molecule has 5 atom stereocenters. The average molecular weight is 476 g/mol. The van der Waals surface area contributed by atoms with E-state index < -0.39 is 30.6 Å². The van der Waals surface area contributed by atoms with Gasteiger partial charge in [-0.3, -0.25) is 0 Å². The second kappa shape index (κ2) is 13.0. The van der Waals surface area contributed by atoms with Gasteiger partial charge in [0.05, 0.1) is 26.4 Å². The Hall–Kier alpha value is -3.23. The number of aliphatic hydroxyl groups excluding tert-OH is 1. The zero-order valence-corrected chi connectivity index (χ0v) is 19.3. The summed E-state index contributed by atoms with van der Waals surface area (Å²) in [5.74, 6) is 0. The van der Waals surface area contributed by atoms with Crippen molar-refractivity contribution in [3.63, 3.8) is 0 Å². The van der Waals surface area contributed by atoms with Crippen molar-refractivity contribution in [1.82, 2.24) is 0 Å². The van der Waals surface area contributed by atoms with Crippen molar-refractivity contribution in [1.29, 1.82) is 0 Å². The molecule has 0 radical (unpaired) electrons. The van der Waals surface area contributed by atoms with Crippen LogP contribution < -0.4 is 0 Å². The number of rotatable bonds is 11. The van der Waals surface area contributed by atoms with Crippen LogP contribution in [0.15, 0.2) is 96.1 Å². The van der Waals surface area contributed by atoms with Crippen LogP contribution in [0.25, 0.3) is 10.4 Å². The molecule has 1 fully saturated rings. The second-order valence-electron chi connectivity index (χ2n) is 8.28. The molecule has 0 amide bonds. The van der Waals surface area contributed by atoms with Crippen molar-refractivity contribution in [2.75, 3.05) is 6.61 Å². The van der Waals surface area contributed by atoms with Gasteiger partial charge in [-0.15, -0.1) is 0 Å². The summed E-state index contributed by atoms with van der Waals surface area (Å²) >= 11 is 0. The van der Waals surface area contributed by atoms with E-state index in [4.69, 9.17) is 24.5 Å². The Labute approximate surface area is 204 Å². The molecule has 0 aromatic heterocycles. The maximum Gasteiger partial charge on any atom is 0.166 e. The zero-order chi connectivity index (χ0) is 24.3. The minimum atomic E-state index is -1.35. The van der Waals surface area contributed by atoms with Crippen LogP contribution in [-0.2, 0) is 38.8 Å². The normalized spacial score (nSPS) is 24.0. The minimum absolute atomic E-state index is 0.166. The quantitative estimate of drug-likeness (QED) is 0.244. The van der Waals surface area contributed by atoms with Crippen LogP contribution in [0.4, 0.5) is 0 Å². The van der Waals surface area contributed by atoms with E-state index in [-0.39, 0.29) is 13.2 Å². The van der Waals surface area contributed by atoms with Crippen molar-refractivity contribution in [3.05, 3.63) is 118 Å². The fourth-order valence-corrected chi connectivity index (χ4v) is 4.02. The first-order valence-corrected chi connectivity index (χ1v) is 11.5. The fourth-order valence-electron chi connectivity index (χ4n) is 4.02. The summed E-state index contributed by atoms with van der Waals surface area (Å²) in [4.78, 5) is 2.91. The van der Waals surface area contributed by atoms with Gasteiger partial charge in [0.1, 0.15) is 24.4 Å². The van der Waals surface area contributed by atoms with Crippen molar-refractivity contribution in [2.24, 2.45) is 5.11 Å². The van der Waals surface area contributed by atoms with Gasteiger partial charge < -0.3 is 24.1 Å². The monoisotopic (exact) mass is 475 g/mol. The molecule has 4 rings (SSSR count). The molecule has 3 aromatic carbocycles. The molecule has 5 unspecified atom stereocenters. The van der Waals surface area contributed by atoms with Crippen molar-refractivity contribution >= 4 is 0 Å². The highest BCUT2D eigenvalue weighted by molar-refractivity contribution is 5.15. The van der Waals surface area contributed by atoms with Crippen molar-refractivity contribution in [3.8, 4) is 0 Å². The van der Waals surface area contributed by atoms with E-state index in [1.807, 2.05) is 91.0 Å². The van der Waals surface area contributed by atoms with Gasteiger partial charge in [0, 0.05) is 4.91 Å². The van der Waals surface area contributed by atoms with Gasteiger partial charge in [0.2, 0.25) is 0 Å². The highest BCUT2D eigenvalue weighted by atomic mass is 16.7. The Balaban J connectivity index is 1.52. The molecule has 0 spiro atoms. The Morgan fingerprint density at radius 2 is 1.23 bits per heavy atom. The summed E-state index contributed by atoms with van der Waals surface area (Å²) < 4.78 is 24.3. The zero-order valence-electron chi connectivity index (χ0n) is 19.3. The molecule has 8 nitrogen and oxygen atoms in total. The van der Waals surface area contributed by atoms with E-state index in [1.54, 1.807) is 0 Å². The molecule has 182 valence electrons. The second-order valence-corrected chi connectivity index (χ2v) is 8.28. The van der Waals surface area contributed by atoms with Gasteiger partial charge in [-0.2, -0.15) is 0 Å². The van der Waals surface area contributed by atoms with E-state index in [9.17, 15) is 5.11 Å². The molecular formula is C27H29N3O5. The SMILES string of the molecule is [N-]=[N+]=NC1C(O)OC(COCc2ccccc2)C(OCc2ccccc2)C1OCc1ccccc1. The Morgan fingerprint density at radius 3 is 1.74 bits per heavy atom. The van der Waals surface area contributed by atoms with Crippen LogP contribution in [-0.4, -0.2) is 42.4 Å². The highest BCUT2D eigenvalue weighted by Gasteiger charge is 2.46. The number of nitrogens with zero attached hydrogens (tertiary/aromatic N) is 3. The summed E-state index contributed by atoms with van der Waals surface area (Å²) in [5.41, 5.74) is 12.1. The summed E-state index contributed by atoms with van der Waals surface area (Å²) in [6, 6.07) is 28.2. The topological polar surface area (TPSA) is 106 Å². The molecular weight excluding hydrogens is 446 g/mol. The summed E-state index contributed by atoms with van der Waals surface area (Å²) in [6.45, 7) is 1.11. The van der Waals surface area contributed by atoms with E-state index in [1.165, 1.54) is 0 Å². The van der Waals surface area contributed by atoms with Crippen molar-refractivity contribution in [2.45, 2.75) is 50.5 Å². The summed E-state index contributed by atoms with van der Waals surface area (Å²) in [6.07, 6.45) is -3.38. The largest absolute Gasteiger partial charge is 0.374 e. The number of benzene rings is 3. The van der Waals surface area contributed by atoms with Gasteiger partial charge in [-0.25, -0.2) is 0 Å². The van der Waals surface area contributed by atoms with E-state index in [2.05, 4.69) is 10.0 Å². The first-order valence-electron chi connectivity index (χ1n) is 11.5. The lowest BCUT2D eigenvalue weighted by atomic mass is 9.96. The van der Waals surface area contributed by atoms with E-state index >= 15 is 0 Å². The van der Waals surface area contributed by atoms with E-state index in [0.717, 1.165) is 16.7 Å². The van der Waals surface area contributed by atoms with Crippen LogP contribution in [0.1, 0.15) is 16.7 Å². The molecule has 8 heteroatoms. The predicted octanol–water partition coefficient (Wildman–Crippen LogP) is 4.77. The Bertz CT molecular complexity index is 1060. The lowest BCUT2D eigenvalue weighted by Crippen LogP contribution is -2.59. The molecule has 3 aromatic rings. The molecule has 0 aliphatic carbocycles. The molecule has 1 heterocycles. The van der Waals surface area contributed by atoms with Crippen LogP contribution in [0.2, 0.25) is 0 Å². The van der Waals surface area contributed by atoms with Gasteiger partial charge in [0.25, 0.3) is 0 Å². The molecule has 0 bridgehead atoms. The summed E-state index contributed by atoms with van der Waals surface area (Å²) in [5, 5.41) is 14.5. The van der Waals surface area contributed by atoms with Crippen molar-refractivity contribution < 1.29 is 24.1 Å². The lowest BCUT2D eigenvalue weighted by Gasteiger charge is -2.43. The number of hydrogen-bond acceptors (Lipinski definition) is 6. The standard InChI is InChI=1S/C27H29N3O5/c28-30-29-24-26(34-18-22-14-8-3-9-15-22)25(33-17-21-12-6-2-7-13-21)23(35-27(24)31)19-32-16-20-10-4-1-5-11-20/h1-15,23-27,31H,16-19H2. The first-order chi connectivity index (χ1) is 17.2. The Kier molecular flexibility index (Phi) is 9.25. The van der Waals surface area contributed by atoms with Crippen LogP contribution >= 0.6 is 0 Å². The molecule has 1 N–H and O–H groups in total. The number of hydrogen-bond donors (Lipinski definition) is 1. The Morgan fingerprint density at radius 1 is 0.743 bits per heavy atom. The van der Waals surface area contributed by atoms with Crippen LogP contribution in [0.3, 0.4) is 0 Å². The third-order valence-electron chi connectivity index (χ3n) is 5.78. The van der Waals surface area contributed by atoms with Gasteiger partial charge in [-0.05, 0) is 22.2 Å². The lowest BCUT2D eigenvalue weighted by molar-refractivity contribution is -0.273. The maximum absolute atomic E-state index is 10.7. The van der Waals surface area contributed by atoms with Gasteiger partial charge in [0.15, 0.2) is 6.29 Å². The molecule has 1 saturated heterocycles. The summed E-state index contributed by atoms with van der Waals surface area (Å²) in [7, 11) is 0. The van der Waals surface area contributed by atoms with Crippen LogP contribution in [0, 0.1) is 0 Å². The number of aliphatic hydroxyl groups is 1. The third-order valence-corrected chi connectivity index (χ3v) is 5.78. The number of ether oxygens (including phenoxy) is 4. The molecule has 1 aliphatic heterocycles. The first kappa shape index (κ1) is 24.9. The highest BCUT2D eigenvalue weighted by Crippen LogP contribution is 2.29. The number of azide groups is 1. The minimum Gasteiger partial charge on any atom is -0.374 e. The molecule has 35 heavy (non-hydrogen) atoms. The van der Waals surface area contributed by atoms with Gasteiger partial charge >= 0.3 is 0 Å². The van der Waals surface area contributed by atoms with E-state index in [0.29, 0.717) is 13.2 Å². The van der Waals surface area contributed by atoms with Gasteiger partial charge in [-0.1, -0.05) is 96.1 Å². The molecule has 1 aliphatic rings. The maximum atomic E-state index is 10.7. The third kappa shape index (κ3) is 7.13. The average Bonchev–Trinajstić information content (AvgIpc) is 2.90. The fraction of sp³-hybridized carbons (Fsp3) is 0.333. The predicted molar refractivity (Wildman–Crippen MR) is 130 cm³/mol. The molecule has 0 saturated carbocycles. The van der Waals surface area contributed by atoms with Crippen LogP contribution in [0.5, 0.6) is 0 Å². The smallest absolute Gasteiger partial charge is 0.166 e.